The first kappa shape index (κ1) is 13.4. The van der Waals surface area contributed by atoms with E-state index in [4.69, 9.17) is 5.73 Å². The normalized spacial score (nSPS) is 10.6. The van der Waals surface area contributed by atoms with Gasteiger partial charge in [0.15, 0.2) is 0 Å². The molecule has 0 aliphatic heterocycles. The van der Waals surface area contributed by atoms with Crippen molar-refractivity contribution >= 4 is 33.5 Å². The van der Waals surface area contributed by atoms with Crippen LogP contribution in [-0.2, 0) is 6.42 Å². The van der Waals surface area contributed by atoms with Crippen molar-refractivity contribution in [1.82, 2.24) is 9.97 Å². The van der Waals surface area contributed by atoms with E-state index in [9.17, 15) is 0 Å². The van der Waals surface area contributed by atoms with E-state index in [-0.39, 0.29) is 0 Å². The van der Waals surface area contributed by atoms with Crippen LogP contribution in [0.25, 0.3) is 0 Å². The van der Waals surface area contributed by atoms with Gasteiger partial charge in [-0.3, -0.25) is 0 Å². The van der Waals surface area contributed by atoms with Crippen LogP contribution in [0, 0.1) is 0 Å². The molecule has 0 unspecified atom stereocenters. The number of halogens is 1. The average molecular weight is 324 g/mol. The molecule has 2 rings (SSSR count). The molecule has 0 bridgehead atoms. The molecule has 0 spiro atoms. The van der Waals surface area contributed by atoms with Gasteiger partial charge < -0.3 is 5.73 Å². The van der Waals surface area contributed by atoms with Crippen molar-refractivity contribution in [1.29, 1.82) is 0 Å². The van der Waals surface area contributed by atoms with Gasteiger partial charge in [0.2, 0.25) is 0 Å². The molecule has 0 aliphatic carbocycles. The Morgan fingerprint density at radius 1 is 1.22 bits per heavy atom. The maximum Gasteiger partial charge on any atom is 0.131 e. The van der Waals surface area contributed by atoms with Crippen LogP contribution in [0.1, 0.15) is 18.9 Å². The molecule has 0 amide bonds. The lowest BCUT2D eigenvalue weighted by Crippen LogP contribution is -2.01. The molecule has 2 aromatic rings. The second kappa shape index (κ2) is 6.20. The third-order valence-electron chi connectivity index (χ3n) is 2.47. The third-order valence-corrected chi connectivity index (χ3v) is 4.05. The second-order valence-corrected chi connectivity index (χ2v) is 5.83. The van der Waals surface area contributed by atoms with E-state index < -0.39 is 0 Å². The average Bonchev–Trinajstić information content (AvgIpc) is 2.36. The van der Waals surface area contributed by atoms with E-state index in [1.807, 2.05) is 12.1 Å². The number of rotatable bonds is 4. The summed E-state index contributed by atoms with van der Waals surface area (Å²) in [6.07, 6.45) is 3.46. The molecular formula is C13H14BrN3S. The smallest absolute Gasteiger partial charge is 0.131 e. The minimum absolute atomic E-state index is 0.589. The maximum absolute atomic E-state index is 5.91. The predicted octanol–water partition coefficient (Wildman–Crippen LogP) is 3.93. The van der Waals surface area contributed by atoms with E-state index >= 15 is 0 Å². The van der Waals surface area contributed by atoms with E-state index in [0.29, 0.717) is 5.82 Å². The number of hydrogen-bond acceptors (Lipinski definition) is 4. The summed E-state index contributed by atoms with van der Waals surface area (Å²) in [6.45, 7) is 2.13. The van der Waals surface area contributed by atoms with Gasteiger partial charge in [-0.2, -0.15) is 0 Å². The lowest BCUT2D eigenvalue weighted by atomic mass is 10.2. The van der Waals surface area contributed by atoms with Gasteiger partial charge in [-0.1, -0.05) is 41.0 Å². The van der Waals surface area contributed by atoms with Crippen LogP contribution in [0.3, 0.4) is 0 Å². The van der Waals surface area contributed by atoms with E-state index in [1.165, 1.54) is 6.33 Å². The lowest BCUT2D eigenvalue weighted by Gasteiger charge is -2.09. The molecule has 1 aromatic carbocycles. The zero-order valence-electron chi connectivity index (χ0n) is 10.1. The van der Waals surface area contributed by atoms with Crippen molar-refractivity contribution < 1.29 is 0 Å². The quantitative estimate of drug-likeness (QED) is 0.866. The van der Waals surface area contributed by atoms with Gasteiger partial charge in [0.1, 0.15) is 17.2 Å². The molecule has 18 heavy (non-hydrogen) atoms. The van der Waals surface area contributed by atoms with Crippen LogP contribution < -0.4 is 5.73 Å². The van der Waals surface area contributed by atoms with Gasteiger partial charge in [-0.15, -0.1) is 0 Å². The Morgan fingerprint density at radius 2 is 1.94 bits per heavy atom. The van der Waals surface area contributed by atoms with Crippen LogP contribution in [0.2, 0.25) is 0 Å². The Morgan fingerprint density at radius 3 is 2.61 bits per heavy atom. The summed E-state index contributed by atoms with van der Waals surface area (Å²) in [5, 5.41) is 0.951. The fourth-order valence-electron chi connectivity index (χ4n) is 1.60. The topological polar surface area (TPSA) is 51.8 Å². The minimum Gasteiger partial charge on any atom is -0.383 e. The molecule has 0 fully saturated rings. The number of anilines is 1. The Hall–Kier alpha value is -1.07. The van der Waals surface area contributed by atoms with Crippen LogP contribution >= 0.6 is 27.7 Å². The second-order valence-electron chi connectivity index (χ2n) is 3.85. The monoisotopic (exact) mass is 323 g/mol. The standard InChI is InChI=1S/C13H14BrN3S/c1-2-3-11-12(15)16-8-17-13(11)18-10-6-4-9(14)5-7-10/h4-8H,2-3H2,1H3,(H2,15,16,17). The summed E-state index contributed by atoms with van der Waals surface area (Å²) in [5.74, 6) is 0.589. The van der Waals surface area contributed by atoms with Crippen LogP contribution in [-0.4, -0.2) is 9.97 Å². The van der Waals surface area contributed by atoms with Gasteiger partial charge in [0.25, 0.3) is 0 Å². The summed E-state index contributed by atoms with van der Waals surface area (Å²) >= 11 is 5.05. The zero-order valence-corrected chi connectivity index (χ0v) is 12.5. The van der Waals surface area contributed by atoms with E-state index in [1.54, 1.807) is 11.8 Å². The highest BCUT2D eigenvalue weighted by Crippen LogP contribution is 2.31. The number of nitrogen functional groups attached to an aromatic ring is 1. The molecule has 2 N–H and O–H groups in total. The highest BCUT2D eigenvalue weighted by atomic mass is 79.9. The zero-order chi connectivity index (χ0) is 13.0. The van der Waals surface area contributed by atoms with E-state index in [2.05, 4.69) is 45.0 Å². The fourth-order valence-corrected chi connectivity index (χ4v) is 2.79. The van der Waals surface area contributed by atoms with Crippen molar-refractivity contribution in [3.05, 3.63) is 40.6 Å². The largest absolute Gasteiger partial charge is 0.383 e. The van der Waals surface area contributed by atoms with Crippen molar-refractivity contribution in [2.45, 2.75) is 29.7 Å². The summed E-state index contributed by atoms with van der Waals surface area (Å²) in [4.78, 5) is 9.54. The highest BCUT2D eigenvalue weighted by Gasteiger charge is 2.09. The molecule has 3 nitrogen and oxygen atoms in total. The molecule has 0 saturated carbocycles. The van der Waals surface area contributed by atoms with Crippen molar-refractivity contribution in [3.63, 3.8) is 0 Å². The van der Waals surface area contributed by atoms with Crippen LogP contribution in [0.5, 0.6) is 0 Å². The summed E-state index contributed by atoms with van der Waals surface area (Å²) in [6, 6.07) is 8.16. The first-order chi connectivity index (χ1) is 8.70. The number of aromatic nitrogens is 2. The van der Waals surface area contributed by atoms with Crippen molar-refractivity contribution in [3.8, 4) is 0 Å². The van der Waals surface area contributed by atoms with Gasteiger partial charge in [-0.05, 0) is 30.7 Å². The number of hydrogen-bond donors (Lipinski definition) is 1. The van der Waals surface area contributed by atoms with Gasteiger partial charge in [0.05, 0.1) is 0 Å². The third kappa shape index (κ3) is 3.23. The number of nitrogens with two attached hydrogens (primary N) is 1. The maximum atomic E-state index is 5.91. The molecule has 1 aromatic heterocycles. The lowest BCUT2D eigenvalue weighted by molar-refractivity contribution is 0.861. The Labute approximate surface area is 119 Å². The fraction of sp³-hybridized carbons (Fsp3) is 0.231. The molecule has 0 radical (unpaired) electrons. The molecule has 94 valence electrons. The van der Waals surface area contributed by atoms with Gasteiger partial charge >= 0.3 is 0 Å². The summed E-state index contributed by atoms with van der Waals surface area (Å²) in [7, 11) is 0. The Kier molecular flexibility index (Phi) is 4.60. The van der Waals surface area contributed by atoms with Crippen LogP contribution in [0.15, 0.2) is 45.0 Å². The minimum atomic E-state index is 0.589. The SMILES string of the molecule is CCCc1c(N)ncnc1Sc1ccc(Br)cc1. The highest BCUT2D eigenvalue weighted by molar-refractivity contribution is 9.10. The van der Waals surface area contributed by atoms with E-state index in [0.717, 1.165) is 32.8 Å². The Bertz CT molecular complexity index is 528. The number of nitrogens with zero attached hydrogens (tertiary/aromatic N) is 2. The summed E-state index contributed by atoms with van der Waals surface area (Å²) < 4.78 is 1.07. The molecule has 0 aliphatic rings. The molecule has 5 heteroatoms. The van der Waals surface area contributed by atoms with Crippen LogP contribution in [0.4, 0.5) is 5.82 Å². The van der Waals surface area contributed by atoms with Gasteiger partial charge in [-0.25, -0.2) is 9.97 Å². The molecule has 0 atom stereocenters. The number of benzene rings is 1. The predicted molar refractivity (Wildman–Crippen MR) is 78.7 cm³/mol. The summed E-state index contributed by atoms with van der Waals surface area (Å²) in [5.41, 5.74) is 6.96. The van der Waals surface area contributed by atoms with Crippen molar-refractivity contribution in [2.75, 3.05) is 5.73 Å². The molecular weight excluding hydrogens is 310 g/mol. The first-order valence-corrected chi connectivity index (χ1v) is 7.34. The van der Waals surface area contributed by atoms with Crippen molar-refractivity contribution in [2.24, 2.45) is 0 Å². The molecule has 1 heterocycles. The first-order valence-electron chi connectivity index (χ1n) is 5.73. The van der Waals surface area contributed by atoms with Gasteiger partial charge in [0, 0.05) is 14.9 Å². The Balaban J connectivity index is 2.28. The molecule has 0 saturated heterocycles.